The minimum atomic E-state index is -1.02. The third-order valence-corrected chi connectivity index (χ3v) is 7.17. The Morgan fingerprint density at radius 1 is 1.00 bits per heavy atom. The fraction of sp³-hybridized carbons (Fsp3) is 0.267. The number of nitrogens with zero attached hydrogens (tertiary/aromatic N) is 1. The van der Waals surface area contributed by atoms with Crippen molar-refractivity contribution in [2.75, 3.05) is 6.54 Å². The maximum Gasteiger partial charge on any atom is 0.271 e. The fourth-order valence-electron chi connectivity index (χ4n) is 4.18. The number of aliphatic hydroxyl groups excluding tert-OH is 1. The lowest BCUT2D eigenvalue weighted by atomic mass is 10.00. The van der Waals surface area contributed by atoms with Crippen molar-refractivity contribution in [3.63, 3.8) is 0 Å². The molecular weight excluding hydrogens is 504 g/mol. The van der Waals surface area contributed by atoms with Crippen molar-refractivity contribution in [3.05, 3.63) is 112 Å². The molecule has 0 fully saturated rings. The number of nitrogens with one attached hydrogen (secondary N) is 2. The molecule has 8 heteroatoms. The van der Waals surface area contributed by atoms with Crippen molar-refractivity contribution >= 4 is 17.2 Å². The van der Waals surface area contributed by atoms with Crippen LogP contribution in [-0.4, -0.2) is 34.7 Å². The van der Waals surface area contributed by atoms with E-state index in [1.165, 1.54) is 29.0 Å². The van der Waals surface area contributed by atoms with Gasteiger partial charge in [-0.15, -0.1) is 11.3 Å². The van der Waals surface area contributed by atoms with E-state index in [1.54, 1.807) is 5.38 Å². The first-order chi connectivity index (χ1) is 18.3. The lowest BCUT2D eigenvalue weighted by molar-refractivity contribution is 0.0826. The molecule has 0 spiro atoms. The van der Waals surface area contributed by atoms with Crippen LogP contribution in [0.25, 0.3) is 10.6 Å². The SMILES string of the molecule is CCc1cccc(CNC[C@H](O)[C@@H](Cc2cc(F)cc(F)c2)NC(=O)c2csc(-c3ccc(C)cc3)n2)c1. The summed E-state index contributed by atoms with van der Waals surface area (Å²) in [5, 5.41) is 19.4. The van der Waals surface area contributed by atoms with Gasteiger partial charge in [-0.2, -0.15) is 0 Å². The van der Waals surface area contributed by atoms with E-state index in [-0.39, 0.29) is 18.7 Å². The van der Waals surface area contributed by atoms with E-state index >= 15 is 0 Å². The highest BCUT2D eigenvalue weighted by Gasteiger charge is 2.24. The molecule has 0 saturated carbocycles. The van der Waals surface area contributed by atoms with Gasteiger partial charge in [-0.05, 0) is 48.6 Å². The van der Waals surface area contributed by atoms with Crippen molar-refractivity contribution in [1.82, 2.24) is 15.6 Å². The van der Waals surface area contributed by atoms with Crippen LogP contribution in [0.2, 0.25) is 0 Å². The van der Waals surface area contributed by atoms with Gasteiger partial charge in [0.15, 0.2) is 0 Å². The first kappa shape index (κ1) is 27.6. The number of thiazole rings is 1. The summed E-state index contributed by atoms with van der Waals surface area (Å²) in [6.45, 7) is 4.79. The van der Waals surface area contributed by atoms with Gasteiger partial charge in [0.1, 0.15) is 22.3 Å². The topological polar surface area (TPSA) is 74.2 Å². The molecule has 0 saturated heterocycles. The highest BCUT2D eigenvalue weighted by Crippen LogP contribution is 2.24. The first-order valence-corrected chi connectivity index (χ1v) is 13.4. The predicted octanol–water partition coefficient (Wildman–Crippen LogP) is 5.45. The van der Waals surface area contributed by atoms with Crippen molar-refractivity contribution in [3.8, 4) is 10.6 Å². The van der Waals surface area contributed by atoms with Crippen molar-refractivity contribution in [2.24, 2.45) is 0 Å². The molecule has 5 nitrogen and oxygen atoms in total. The van der Waals surface area contributed by atoms with Crippen molar-refractivity contribution < 1.29 is 18.7 Å². The Hall–Kier alpha value is -3.46. The Morgan fingerprint density at radius 3 is 2.42 bits per heavy atom. The number of hydrogen-bond donors (Lipinski definition) is 3. The van der Waals surface area contributed by atoms with Crippen LogP contribution in [0.3, 0.4) is 0 Å². The number of halogens is 2. The lowest BCUT2D eigenvalue weighted by Gasteiger charge is -2.24. The van der Waals surface area contributed by atoms with Crippen molar-refractivity contribution in [1.29, 1.82) is 0 Å². The molecule has 0 aliphatic carbocycles. The van der Waals surface area contributed by atoms with E-state index in [0.717, 1.165) is 29.2 Å². The summed E-state index contributed by atoms with van der Waals surface area (Å²) < 4.78 is 27.7. The van der Waals surface area contributed by atoms with Gasteiger partial charge in [0.25, 0.3) is 5.91 Å². The molecule has 3 aromatic carbocycles. The second-order valence-corrected chi connectivity index (χ2v) is 10.2. The molecule has 0 radical (unpaired) electrons. The van der Waals surface area contributed by atoms with E-state index < -0.39 is 29.7 Å². The van der Waals surface area contributed by atoms with Gasteiger partial charge in [0, 0.05) is 30.1 Å². The standard InChI is InChI=1S/C30H31F2N3O2S/c1-3-20-5-4-6-21(11-20)16-33-17-28(36)26(14-22-12-24(31)15-25(32)13-22)34-29(37)27-18-38-30(35-27)23-9-7-19(2)8-10-23/h4-13,15,18,26,28,33,36H,3,14,16-17H2,1-2H3,(H,34,37)/t26-,28+/m1/s1. The average molecular weight is 536 g/mol. The summed E-state index contributed by atoms with van der Waals surface area (Å²) in [7, 11) is 0. The highest BCUT2D eigenvalue weighted by molar-refractivity contribution is 7.13. The number of carbonyl (C=O) groups excluding carboxylic acids is 1. The normalized spacial score (nSPS) is 12.8. The molecule has 1 amide bonds. The third-order valence-electron chi connectivity index (χ3n) is 6.28. The fourth-order valence-corrected chi connectivity index (χ4v) is 4.99. The summed E-state index contributed by atoms with van der Waals surface area (Å²) in [6, 6.07) is 18.4. The number of aromatic nitrogens is 1. The highest BCUT2D eigenvalue weighted by atomic mass is 32.1. The predicted molar refractivity (Wildman–Crippen MR) is 147 cm³/mol. The van der Waals surface area contributed by atoms with E-state index in [2.05, 4.69) is 34.7 Å². The summed E-state index contributed by atoms with van der Waals surface area (Å²) in [5.41, 5.74) is 4.88. The van der Waals surface area contributed by atoms with Gasteiger partial charge in [0.2, 0.25) is 0 Å². The molecule has 0 aliphatic rings. The Kier molecular flexibility index (Phi) is 9.33. The Balaban J connectivity index is 1.46. The van der Waals surface area contributed by atoms with E-state index in [9.17, 15) is 18.7 Å². The molecule has 3 N–H and O–H groups in total. The van der Waals surface area contributed by atoms with Crippen LogP contribution >= 0.6 is 11.3 Å². The summed E-state index contributed by atoms with van der Waals surface area (Å²) in [5.74, 6) is -1.89. The number of hydrogen-bond acceptors (Lipinski definition) is 5. The number of aliphatic hydroxyl groups is 1. The average Bonchev–Trinajstić information content (AvgIpc) is 3.39. The van der Waals surface area contributed by atoms with Crippen LogP contribution in [0.1, 0.15) is 39.7 Å². The minimum absolute atomic E-state index is 0.0452. The number of amides is 1. The molecule has 0 aliphatic heterocycles. The van der Waals surface area contributed by atoms with E-state index in [0.29, 0.717) is 17.1 Å². The van der Waals surface area contributed by atoms with Crippen LogP contribution in [0.5, 0.6) is 0 Å². The summed E-state index contributed by atoms with van der Waals surface area (Å²) >= 11 is 1.35. The van der Waals surface area contributed by atoms with Gasteiger partial charge < -0.3 is 15.7 Å². The molecular formula is C30H31F2N3O2S. The quantitative estimate of drug-likeness (QED) is 0.239. The van der Waals surface area contributed by atoms with E-state index in [4.69, 9.17) is 0 Å². The van der Waals surface area contributed by atoms with Crippen LogP contribution in [0, 0.1) is 18.6 Å². The molecule has 38 heavy (non-hydrogen) atoms. The minimum Gasteiger partial charge on any atom is -0.390 e. The van der Waals surface area contributed by atoms with E-state index in [1.807, 2.05) is 43.3 Å². The number of carbonyl (C=O) groups is 1. The monoisotopic (exact) mass is 535 g/mol. The molecule has 4 rings (SSSR count). The Morgan fingerprint density at radius 2 is 1.71 bits per heavy atom. The maximum atomic E-state index is 13.8. The van der Waals surface area contributed by atoms with Gasteiger partial charge in [-0.3, -0.25) is 4.79 Å². The Labute approximate surface area is 225 Å². The van der Waals surface area contributed by atoms with Gasteiger partial charge in [-0.25, -0.2) is 13.8 Å². The first-order valence-electron chi connectivity index (χ1n) is 12.6. The zero-order valence-electron chi connectivity index (χ0n) is 21.4. The molecule has 1 heterocycles. The van der Waals surface area contributed by atoms with Crippen LogP contribution in [0.4, 0.5) is 8.78 Å². The molecule has 198 valence electrons. The largest absolute Gasteiger partial charge is 0.390 e. The van der Waals surface area contributed by atoms with Gasteiger partial charge in [0.05, 0.1) is 12.1 Å². The zero-order chi connectivity index (χ0) is 27.1. The Bertz CT molecular complexity index is 1350. The van der Waals surface area contributed by atoms with Gasteiger partial charge >= 0.3 is 0 Å². The van der Waals surface area contributed by atoms with Crippen molar-refractivity contribution in [2.45, 2.75) is 45.4 Å². The van der Waals surface area contributed by atoms with Crippen LogP contribution in [-0.2, 0) is 19.4 Å². The smallest absolute Gasteiger partial charge is 0.271 e. The molecule has 2 atom stereocenters. The number of benzene rings is 3. The van der Waals surface area contributed by atoms with Crippen LogP contribution < -0.4 is 10.6 Å². The summed E-state index contributed by atoms with van der Waals surface area (Å²) in [4.78, 5) is 17.6. The zero-order valence-corrected chi connectivity index (χ0v) is 22.2. The maximum absolute atomic E-state index is 13.8. The second-order valence-electron chi connectivity index (χ2n) is 9.34. The number of rotatable bonds is 11. The molecule has 4 aromatic rings. The van der Waals surface area contributed by atoms with Gasteiger partial charge in [-0.1, -0.05) is 61.0 Å². The molecule has 0 bridgehead atoms. The summed E-state index contributed by atoms with van der Waals surface area (Å²) in [6.07, 6.45) is -0.0459. The lowest BCUT2D eigenvalue weighted by Crippen LogP contribution is -2.48. The second kappa shape index (κ2) is 12.9. The number of aryl methyl sites for hydroxylation is 2. The van der Waals surface area contributed by atoms with Crippen LogP contribution in [0.15, 0.2) is 72.1 Å². The molecule has 1 aromatic heterocycles. The molecule has 0 unspecified atom stereocenters. The third kappa shape index (κ3) is 7.54.